The number of halogens is 1. The molecule has 0 atom stereocenters. The largest absolute Gasteiger partial charge is 0.480 e. The van der Waals surface area contributed by atoms with Crippen molar-refractivity contribution in [3.05, 3.63) is 69.2 Å². The van der Waals surface area contributed by atoms with Gasteiger partial charge >= 0.3 is 12.0 Å². The van der Waals surface area contributed by atoms with Gasteiger partial charge in [0.2, 0.25) is 0 Å². The van der Waals surface area contributed by atoms with Crippen LogP contribution in [-0.2, 0) is 21.4 Å². The number of hydrogen-bond acceptors (Lipinski definition) is 6. The third-order valence-corrected chi connectivity index (χ3v) is 5.07. The van der Waals surface area contributed by atoms with Crippen LogP contribution >= 0.6 is 11.6 Å². The van der Waals surface area contributed by atoms with E-state index in [-0.39, 0.29) is 17.1 Å². The number of benzene rings is 2. The van der Waals surface area contributed by atoms with Gasteiger partial charge < -0.3 is 10.0 Å². The second kappa shape index (κ2) is 8.67. The summed E-state index contributed by atoms with van der Waals surface area (Å²) in [6, 6.07) is 8.94. The Morgan fingerprint density at radius 2 is 1.68 bits per heavy atom. The number of nitro groups is 1. The molecule has 2 aromatic rings. The van der Waals surface area contributed by atoms with E-state index in [0.717, 1.165) is 4.90 Å². The number of nitrogens with one attached hydrogen (secondary N) is 1. The van der Waals surface area contributed by atoms with E-state index < -0.39 is 33.5 Å². The predicted octanol–water partition coefficient (Wildman–Crippen LogP) is 2.23. The minimum absolute atomic E-state index is 0.177. The maximum Gasteiger partial charge on any atom is 0.332 e. The van der Waals surface area contributed by atoms with Crippen molar-refractivity contribution in [1.29, 1.82) is 0 Å². The lowest BCUT2D eigenvalue weighted by Crippen LogP contribution is -2.44. The maximum absolute atomic E-state index is 12.4. The monoisotopic (exact) mass is 427 g/mol. The zero-order valence-electron chi connectivity index (χ0n) is 14.1. The smallest absolute Gasteiger partial charge is 0.332 e. The van der Waals surface area contributed by atoms with Gasteiger partial charge in [0, 0.05) is 23.7 Å². The van der Waals surface area contributed by atoms with Crippen molar-refractivity contribution in [2.24, 2.45) is 0 Å². The lowest BCUT2D eigenvalue weighted by atomic mass is 10.2. The first-order chi connectivity index (χ1) is 13.1. The summed E-state index contributed by atoms with van der Waals surface area (Å²) in [5.41, 5.74) is 0.203. The van der Waals surface area contributed by atoms with Crippen LogP contribution in [0, 0.1) is 10.1 Å². The molecule has 2 aromatic carbocycles. The number of amides is 2. The minimum atomic E-state index is -4.25. The first kappa shape index (κ1) is 21.1. The second-order valence-corrected chi connectivity index (χ2v) is 7.66. The number of sulfonamides is 1. The first-order valence-corrected chi connectivity index (χ1v) is 9.47. The van der Waals surface area contributed by atoms with Gasteiger partial charge in [0.25, 0.3) is 15.7 Å². The van der Waals surface area contributed by atoms with Crippen molar-refractivity contribution in [1.82, 2.24) is 9.62 Å². The van der Waals surface area contributed by atoms with Crippen LogP contribution in [0.15, 0.2) is 53.4 Å². The Hall–Kier alpha value is -3.18. The van der Waals surface area contributed by atoms with E-state index in [1.807, 2.05) is 0 Å². The zero-order valence-corrected chi connectivity index (χ0v) is 15.7. The fourth-order valence-corrected chi connectivity index (χ4v) is 3.26. The Kier molecular flexibility index (Phi) is 6.54. The zero-order chi connectivity index (χ0) is 20.9. The summed E-state index contributed by atoms with van der Waals surface area (Å²) in [6.45, 7) is -1.05. The van der Waals surface area contributed by atoms with Crippen LogP contribution in [0.1, 0.15) is 5.56 Å². The number of nitro benzene ring substituents is 1. The summed E-state index contributed by atoms with van der Waals surface area (Å²) in [5, 5.41) is 20.0. The van der Waals surface area contributed by atoms with E-state index in [1.54, 1.807) is 4.72 Å². The van der Waals surface area contributed by atoms with E-state index in [0.29, 0.717) is 10.6 Å². The average Bonchev–Trinajstić information content (AvgIpc) is 2.61. The molecule has 0 aromatic heterocycles. The van der Waals surface area contributed by atoms with Gasteiger partial charge in [-0.1, -0.05) is 23.7 Å². The highest BCUT2D eigenvalue weighted by Gasteiger charge is 2.24. The number of urea groups is 1. The Bertz CT molecular complexity index is 992. The third kappa shape index (κ3) is 5.66. The molecule has 0 aliphatic rings. The van der Waals surface area contributed by atoms with Gasteiger partial charge in [-0.25, -0.2) is 17.9 Å². The first-order valence-electron chi connectivity index (χ1n) is 7.61. The van der Waals surface area contributed by atoms with Crippen molar-refractivity contribution in [2.75, 3.05) is 6.54 Å². The lowest BCUT2D eigenvalue weighted by molar-refractivity contribution is -0.384. The van der Waals surface area contributed by atoms with E-state index in [4.69, 9.17) is 16.7 Å². The van der Waals surface area contributed by atoms with Gasteiger partial charge in [-0.05, 0) is 29.8 Å². The molecule has 0 radical (unpaired) electrons. The number of carboxylic acids is 1. The quantitative estimate of drug-likeness (QED) is 0.508. The summed E-state index contributed by atoms with van der Waals surface area (Å²) in [6.07, 6.45) is 0. The second-order valence-electron chi connectivity index (χ2n) is 5.54. The Morgan fingerprint density at radius 3 is 2.18 bits per heavy atom. The number of carbonyl (C=O) groups excluding carboxylic acids is 1. The van der Waals surface area contributed by atoms with Crippen molar-refractivity contribution < 1.29 is 28.0 Å². The highest BCUT2D eigenvalue weighted by molar-refractivity contribution is 7.90. The van der Waals surface area contributed by atoms with E-state index in [2.05, 4.69) is 0 Å². The molecule has 0 fully saturated rings. The number of non-ortho nitro benzene ring substituents is 1. The molecule has 0 saturated heterocycles. The minimum Gasteiger partial charge on any atom is -0.480 e. The Balaban J connectivity index is 2.19. The van der Waals surface area contributed by atoms with Crippen LogP contribution in [0.25, 0.3) is 0 Å². The van der Waals surface area contributed by atoms with Gasteiger partial charge in [-0.2, -0.15) is 0 Å². The average molecular weight is 428 g/mol. The normalized spacial score (nSPS) is 10.9. The van der Waals surface area contributed by atoms with Crippen LogP contribution in [0.2, 0.25) is 5.02 Å². The molecule has 0 spiro atoms. The van der Waals surface area contributed by atoms with Crippen LogP contribution in [-0.4, -0.2) is 41.9 Å². The van der Waals surface area contributed by atoms with E-state index in [1.165, 1.54) is 48.5 Å². The molecule has 0 heterocycles. The molecule has 0 aliphatic heterocycles. The highest BCUT2D eigenvalue weighted by Crippen LogP contribution is 2.16. The van der Waals surface area contributed by atoms with Crippen LogP contribution in [0.4, 0.5) is 10.5 Å². The summed E-state index contributed by atoms with van der Waals surface area (Å²) in [7, 11) is -4.25. The number of rotatable bonds is 7. The SMILES string of the molecule is O=C(O)CN(Cc1ccc([N+](=O)[O-])cc1)C(=O)NS(=O)(=O)c1ccc(Cl)cc1. The molecule has 0 aliphatic carbocycles. The summed E-state index contributed by atoms with van der Waals surface area (Å²) >= 11 is 5.70. The molecular weight excluding hydrogens is 414 g/mol. The highest BCUT2D eigenvalue weighted by atomic mass is 35.5. The third-order valence-electron chi connectivity index (χ3n) is 3.48. The number of nitrogens with zero attached hydrogens (tertiary/aromatic N) is 2. The van der Waals surface area contributed by atoms with Crippen molar-refractivity contribution in [3.8, 4) is 0 Å². The molecular formula is C16H14ClN3O7S. The molecule has 0 bridgehead atoms. The number of carboxylic acid groups (broad SMARTS) is 1. The van der Waals surface area contributed by atoms with Crippen LogP contribution in [0.5, 0.6) is 0 Å². The van der Waals surface area contributed by atoms with Gasteiger partial charge in [0.1, 0.15) is 6.54 Å². The van der Waals surface area contributed by atoms with Crippen molar-refractivity contribution in [3.63, 3.8) is 0 Å². The Morgan fingerprint density at radius 1 is 1.11 bits per heavy atom. The van der Waals surface area contributed by atoms with E-state index in [9.17, 15) is 28.1 Å². The van der Waals surface area contributed by atoms with E-state index >= 15 is 0 Å². The number of aliphatic carboxylic acids is 1. The number of hydrogen-bond donors (Lipinski definition) is 2. The molecule has 2 amide bonds. The van der Waals surface area contributed by atoms with Crippen molar-refractivity contribution in [2.45, 2.75) is 11.4 Å². The standard InChI is InChI=1S/C16H14ClN3O7S/c17-12-3-7-14(8-4-12)28(26,27)18-16(23)19(10-15(21)22)9-11-1-5-13(6-2-11)20(24)25/h1-8H,9-10H2,(H,18,23)(H,21,22). The molecule has 2 rings (SSSR count). The maximum atomic E-state index is 12.4. The molecule has 148 valence electrons. The predicted molar refractivity (Wildman–Crippen MR) is 98.3 cm³/mol. The van der Waals surface area contributed by atoms with Gasteiger partial charge in [0.15, 0.2) is 0 Å². The summed E-state index contributed by atoms with van der Waals surface area (Å²) in [4.78, 5) is 34.0. The molecule has 12 heteroatoms. The molecule has 0 unspecified atom stereocenters. The number of carbonyl (C=O) groups is 2. The Labute approximate surface area is 164 Å². The fourth-order valence-electron chi connectivity index (χ4n) is 2.16. The topological polar surface area (TPSA) is 147 Å². The fraction of sp³-hybridized carbons (Fsp3) is 0.125. The van der Waals surface area contributed by atoms with Gasteiger partial charge in [-0.3, -0.25) is 14.9 Å². The van der Waals surface area contributed by atoms with Gasteiger partial charge in [0.05, 0.1) is 9.82 Å². The van der Waals surface area contributed by atoms with Crippen LogP contribution < -0.4 is 4.72 Å². The van der Waals surface area contributed by atoms with Crippen LogP contribution in [0.3, 0.4) is 0 Å². The molecule has 0 saturated carbocycles. The molecule has 2 N–H and O–H groups in total. The summed E-state index contributed by atoms with van der Waals surface area (Å²) in [5.74, 6) is -1.36. The molecule has 28 heavy (non-hydrogen) atoms. The molecule has 10 nitrogen and oxygen atoms in total. The van der Waals surface area contributed by atoms with Gasteiger partial charge in [-0.15, -0.1) is 0 Å². The lowest BCUT2D eigenvalue weighted by Gasteiger charge is -2.21. The van der Waals surface area contributed by atoms with Crippen molar-refractivity contribution >= 4 is 39.3 Å². The summed E-state index contributed by atoms with van der Waals surface area (Å²) < 4.78 is 26.4.